The Kier molecular flexibility index (Phi) is 3.01. The molecular formula is C10H13N3OS. The third-order valence-corrected chi connectivity index (χ3v) is 3.16. The summed E-state index contributed by atoms with van der Waals surface area (Å²) in [4.78, 5) is 0. The molecule has 0 fully saturated rings. The molecule has 2 heterocycles. The minimum atomic E-state index is 0.664. The minimum Gasteiger partial charge on any atom is -0.467 e. The SMILES string of the molecule is CCc1nnc(NCc2occc2C)s1. The maximum absolute atomic E-state index is 5.31. The predicted octanol–water partition coefficient (Wildman–Crippen LogP) is 2.61. The van der Waals surface area contributed by atoms with E-state index in [-0.39, 0.29) is 0 Å². The number of furan rings is 1. The van der Waals surface area contributed by atoms with Crippen molar-refractivity contribution in [2.24, 2.45) is 0 Å². The third kappa shape index (κ3) is 2.36. The highest BCUT2D eigenvalue weighted by Crippen LogP contribution is 2.17. The van der Waals surface area contributed by atoms with Crippen LogP contribution in [-0.2, 0) is 13.0 Å². The van der Waals surface area contributed by atoms with Crippen molar-refractivity contribution in [1.82, 2.24) is 10.2 Å². The minimum absolute atomic E-state index is 0.664. The molecule has 0 unspecified atom stereocenters. The van der Waals surface area contributed by atoms with Gasteiger partial charge in [-0.2, -0.15) is 0 Å². The molecule has 4 nitrogen and oxygen atoms in total. The molecule has 0 saturated carbocycles. The van der Waals surface area contributed by atoms with Crippen LogP contribution < -0.4 is 5.32 Å². The molecule has 2 aromatic heterocycles. The molecule has 5 heteroatoms. The molecule has 0 aliphatic heterocycles. The van der Waals surface area contributed by atoms with Gasteiger partial charge in [0.05, 0.1) is 12.8 Å². The fraction of sp³-hybridized carbons (Fsp3) is 0.400. The summed E-state index contributed by atoms with van der Waals surface area (Å²) in [5.74, 6) is 0.947. The van der Waals surface area contributed by atoms with Crippen LogP contribution in [0.15, 0.2) is 16.7 Å². The van der Waals surface area contributed by atoms with Gasteiger partial charge < -0.3 is 9.73 Å². The maximum atomic E-state index is 5.31. The van der Waals surface area contributed by atoms with E-state index in [4.69, 9.17) is 4.42 Å². The van der Waals surface area contributed by atoms with Crippen molar-refractivity contribution in [3.8, 4) is 0 Å². The largest absolute Gasteiger partial charge is 0.467 e. The van der Waals surface area contributed by atoms with Crippen molar-refractivity contribution < 1.29 is 4.42 Å². The van der Waals surface area contributed by atoms with Gasteiger partial charge >= 0.3 is 0 Å². The van der Waals surface area contributed by atoms with Crippen LogP contribution in [0.1, 0.15) is 23.3 Å². The standard InChI is InChI=1S/C10H13N3OS/c1-3-9-12-13-10(15-9)11-6-8-7(2)4-5-14-8/h4-5H,3,6H2,1-2H3,(H,11,13). The van der Waals surface area contributed by atoms with Gasteiger partial charge in [-0.1, -0.05) is 18.3 Å². The van der Waals surface area contributed by atoms with Crippen LogP contribution in [0.3, 0.4) is 0 Å². The van der Waals surface area contributed by atoms with E-state index in [1.807, 2.05) is 13.0 Å². The summed E-state index contributed by atoms with van der Waals surface area (Å²) >= 11 is 1.59. The van der Waals surface area contributed by atoms with Gasteiger partial charge in [-0.25, -0.2) is 0 Å². The normalized spacial score (nSPS) is 10.5. The number of aromatic nitrogens is 2. The van der Waals surface area contributed by atoms with E-state index in [0.29, 0.717) is 6.54 Å². The number of anilines is 1. The first-order valence-electron chi connectivity index (χ1n) is 4.89. The van der Waals surface area contributed by atoms with Crippen LogP contribution in [0.2, 0.25) is 0 Å². The molecule has 0 saturated heterocycles. The number of aryl methyl sites for hydroxylation is 2. The first-order valence-corrected chi connectivity index (χ1v) is 5.70. The van der Waals surface area contributed by atoms with Gasteiger partial charge in [0, 0.05) is 0 Å². The van der Waals surface area contributed by atoms with Gasteiger partial charge in [0.2, 0.25) is 5.13 Å². The fourth-order valence-electron chi connectivity index (χ4n) is 1.21. The molecule has 15 heavy (non-hydrogen) atoms. The highest BCUT2D eigenvalue weighted by Gasteiger charge is 2.04. The molecule has 0 aromatic carbocycles. The number of rotatable bonds is 4. The van der Waals surface area contributed by atoms with Gasteiger partial charge in [0.1, 0.15) is 10.8 Å². The van der Waals surface area contributed by atoms with Gasteiger partial charge in [-0.05, 0) is 25.0 Å². The van der Waals surface area contributed by atoms with Crippen molar-refractivity contribution in [2.75, 3.05) is 5.32 Å². The molecule has 0 amide bonds. The number of hydrogen-bond acceptors (Lipinski definition) is 5. The maximum Gasteiger partial charge on any atom is 0.206 e. The van der Waals surface area contributed by atoms with Crippen molar-refractivity contribution in [2.45, 2.75) is 26.8 Å². The number of hydrogen-bond donors (Lipinski definition) is 1. The van der Waals surface area contributed by atoms with Crippen LogP contribution in [0.4, 0.5) is 5.13 Å². The molecule has 0 spiro atoms. The van der Waals surface area contributed by atoms with E-state index >= 15 is 0 Å². The summed E-state index contributed by atoms with van der Waals surface area (Å²) in [5.41, 5.74) is 1.16. The topological polar surface area (TPSA) is 51.0 Å². The van der Waals surface area contributed by atoms with Crippen molar-refractivity contribution in [3.63, 3.8) is 0 Å². The van der Waals surface area contributed by atoms with Gasteiger partial charge in [0.15, 0.2) is 0 Å². The van der Waals surface area contributed by atoms with Crippen LogP contribution >= 0.6 is 11.3 Å². The molecule has 0 aliphatic carbocycles. The molecule has 0 bridgehead atoms. The first-order chi connectivity index (χ1) is 7.29. The Balaban J connectivity index is 1.96. The van der Waals surface area contributed by atoms with Crippen molar-refractivity contribution in [3.05, 3.63) is 28.7 Å². The van der Waals surface area contributed by atoms with E-state index in [1.54, 1.807) is 17.6 Å². The van der Waals surface area contributed by atoms with E-state index in [2.05, 4.69) is 22.4 Å². The van der Waals surface area contributed by atoms with E-state index in [1.165, 1.54) is 0 Å². The van der Waals surface area contributed by atoms with Gasteiger partial charge in [-0.3, -0.25) is 0 Å². The van der Waals surface area contributed by atoms with Gasteiger partial charge in [-0.15, -0.1) is 10.2 Å². The molecule has 2 aromatic rings. The number of nitrogens with zero attached hydrogens (tertiary/aromatic N) is 2. The smallest absolute Gasteiger partial charge is 0.206 e. The summed E-state index contributed by atoms with van der Waals surface area (Å²) in [7, 11) is 0. The quantitative estimate of drug-likeness (QED) is 0.865. The Hall–Kier alpha value is -1.36. The van der Waals surface area contributed by atoms with Crippen LogP contribution in [-0.4, -0.2) is 10.2 Å². The van der Waals surface area contributed by atoms with Crippen LogP contribution in [0.25, 0.3) is 0 Å². The molecule has 0 aliphatic rings. The number of nitrogens with one attached hydrogen (secondary N) is 1. The third-order valence-electron chi connectivity index (χ3n) is 2.14. The second kappa shape index (κ2) is 4.44. The lowest BCUT2D eigenvalue weighted by Crippen LogP contribution is -1.98. The molecule has 1 N–H and O–H groups in total. The second-order valence-electron chi connectivity index (χ2n) is 3.23. The van der Waals surface area contributed by atoms with Crippen molar-refractivity contribution in [1.29, 1.82) is 0 Å². The Morgan fingerprint density at radius 1 is 1.47 bits per heavy atom. The lowest BCUT2D eigenvalue weighted by molar-refractivity contribution is 0.515. The fourth-order valence-corrected chi connectivity index (χ4v) is 1.88. The highest BCUT2D eigenvalue weighted by molar-refractivity contribution is 7.15. The zero-order valence-corrected chi connectivity index (χ0v) is 9.60. The lowest BCUT2D eigenvalue weighted by Gasteiger charge is -1.99. The van der Waals surface area contributed by atoms with E-state index in [0.717, 1.165) is 27.9 Å². The van der Waals surface area contributed by atoms with Crippen LogP contribution in [0.5, 0.6) is 0 Å². The first kappa shape index (κ1) is 10.2. The van der Waals surface area contributed by atoms with Crippen LogP contribution in [0, 0.1) is 6.92 Å². The average Bonchev–Trinajstić information content (AvgIpc) is 2.84. The predicted molar refractivity (Wildman–Crippen MR) is 60.1 cm³/mol. The Morgan fingerprint density at radius 2 is 2.33 bits per heavy atom. The van der Waals surface area contributed by atoms with Crippen molar-refractivity contribution >= 4 is 16.5 Å². The van der Waals surface area contributed by atoms with E-state index < -0.39 is 0 Å². The zero-order chi connectivity index (χ0) is 10.7. The van der Waals surface area contributed by atoms with E-state index in [9.17, 15) is 0 Å². The zero-order valence-electron chi connectivity index (χ0n) is 8.78. The van der Waals surface area contributed by atoms with Gasteiger partial charge in [0.25, 0.3) is 0 Å². The Labute approximate surface area is 92.3 Å². The summed E-state index contributed by atoms with van der Waals surface area (Å²) in [6.07, 6.45) is 2.63. The molecule has 0 radical (unpaired) electrons. The Morgan fingerprint density at radius 3 is 2.93 bits per heavy atom. The molecule has 2 rings (SSSR count). The summed E-state index contributed by atoms with van der Waals surface area (Å²) in [6, 6.07) is 1.95. The highest BCUT2D eigenvalue weighted by atomic mass is 32.1. The second-order valence-corrected chi connectivity index (χ2v) is 4.30. The average molecular weight is 223 g/mol. The molecule has 80 valence electrons. The summed E-state index contributed by atoms with van der Waals surface area (Å²) < 4.78 is 5.31. The Bertz CT molecular complexity index is 435. The molecular weight excluding hydrogens is 210 g/mol. The molecule has 0 atom stereocenters. The summed E-state index contributed by atoms with van der Waals surface area (Å²) in [6.45, 7) is 4.76. The monoisotopic (exact) mass is 223 g/mol. The lowest BCUT2D eigenvalue weighted by atomic mass is 10.3. The summed E-state index contributed by atoms with van der Waals surface area (Å²) in [5, 5.41) is 13.2.